The van der Waals surface area contributed by atoms with Crippen molar-refractivity contribution in [2.45, 2.75) is 0 Å². The van der Waals surface area contributed by atoms with E-state index in [1.807, 2.05) is 18.2 Å². The second-order valence-corrected chi connectivity index (χ2v) is 7.10. The van der Waals surface area contributed by atoms with Gasteiger partial charge in [-0.25, -0.2) is 0 Å². The van der Waals surface area contributed by atoms with Crippen LogP contribution in [-0.2, 0) is 4.74 Å². The number of halogens is 1. The first-order valence-electron chi connectivity index (χ1n) is 8.58. The van der Waals surface area contributed by atoms with Crippen molar-refractivity contribution in [3.8, 4) is 0 Å². The second-order valence-electron chi connectivity index (χ2n) is 6.19. The number of benzene rings is 2. The third-order valence-corrected chi connectivity index (χ3v) is 4.91. The van der Waals surface area contributed by atoms with Crippen molar-refractivity contribution in [3.05, 3.63) is 69.0 Å². The fraction of sp³-hybridized carbons (Fsp3) is 0.200. The number of para-hydroxylation sites is 1. The van der Waals surface area contributed by atoms with Crippen LogP contribution < -0.4 is 15.6 Å². The monoisotopic (exact) mass is 428 g/mol. The number of morpholine rings is 1. The van der Waals surface area contributed by atoms with Crippen LogP contribution in [0.1, 0.15) is 10.6 Å². The third kappa shape index (κ3) is 3.74. The lowest BCUT2D eigenvalue weighted by Gasteiger charge is -2.30. The number of hydrogen-bond donors (Lipinski definition) is 1. The summed E-state index contributed by atoms with van der Waals surface area (Å²) in [6.07, 6.45) is 0. The Morgan fingerprint density at radius 2 is 1.85 bits per heavy atom. The number of fused-ring (bicyclic) bond motifs is 1. The molecule has 3 aromatic rings. The van der Waals surface area contributed by atoms with Crippen molar-refractivity contribution >= 4 is 44.2 Å². The van der Waals surface area contributed by atoms with Gasteiger partial charge in [-0.3, -0.25) is 9.59 Å². The molecule has 27 heavy (non-hydrogen) atoms. The molecule has 0 atom stereocenters. The first-order valence-corrected chi connectivity index (χ1v) is 9.37. The van der Waals surface area contributed by atoms with Gasteiger partial charge in [0.25, 0.3) is 5.91 Å². The van der Waals surface area contributed by atoms with Crippen LogP contribution in [0.5, 0.6) is 0 Å². The average molecular weight is 429 g/mol. The van der Waals surface area contributed by atoms with Crippen molar-refractivity contribution in [1.29, 1.82) is 0 Å². The second kappa shape index (κ2) is 7.54. The molecule has 1 N–H and O–H groups in total. The Morgan fingerprint density at radius 3 is 2.67 bits per heavy atom. The van der Waals surface area contributed by atoms with Gasteiger partial charge in [0.05, 0.1) is 30.0 Å². The van der Waals surface area contributed by atoms with E-state index in [0.29, 0.717) is 29.9 Å². The van der Waals surface area contributed by atoms with Gasteiger partial charge in [0.15, 0.2) is 11.2 Å². The molecule has 1 aliphatic rings. The minimum atomic E-state index is -0.467. The molecule has 1 aromatic heterocycles. The Hall–Kier alpha value is -2.64. The SMILES string of the molecule is O=C(Nc1cc(Br)ccc1N1CCOCC1)c1cc(=O)c2ccccc2o1. The molecule has 2 aromatic carbocycles. The summed E-state index contributed by atoms with van der Waals surface area (Å²) >= 11 is 3.44. The molecule has 1 amide bonds. The van der Waals surface area contributed by atoms with Gasteiger partial charge in [-0.1, -0.05) is 28.1 Å². The first kappa shape index (κ1) is 17.8. The Morgan fingerprint density at radius 1 is 1.07 bits per heavy atom. The molecule has 2 heterocycles. The van der Waals surface area contributed by atoms with E-state index in [2.05, 4.69) is 26.1 Å². The average Bonchev–Trinajstić information content (AvgIpc) is 2.69. The van der Waals surface area contributed by atoms with Gasteiger partial charge in [0.1, 0.15) is 5.58 Å². The number of nitrogens with zero attached hydrogens (tertiary/aromatic N) is 1. The molecule has 1 saturated heterocycles. The van der Waals surface area contributed by atoms with E-state index in [0.717, 1.165) is 23.2 Å². The Labute approximate surface area is 163 Å². The molecule has 0 radical (unpaired) electrons. The zero-order chi connectivity index (χ0) is 18.8. The lowest BCUT2D eigenvalue weighted by Crippen LogP contribution is -2.36. The van der Waals surface area contributed by atoms with Crippen LogP contribution in [0.25, 0.3) is 11.0 Å². The highest BCUT2D eigenvalue weighted by Gasteiger charge is 2.18. The van der Waals surface area contributed by atoms with E-state index in [1.165, 1.54) is 6.07 Å². The molecule has 4 rings (SSSR count). The predicted molar refractivity (Wildman–Crippen MR) is 108 cm³/mol. The van der Waals surface area contributed by atoms with E-state index in [9.17, 15) is 9.59 Å². The summed E-state index contributed by atoms with van der Waals surface area (Å²) in [6, 6.07) is 13.8. The maximum atomic E-state index is 12.8. The van der Waals surface area contributed by atoms with Crippen molar-refractivity contribution in [2.24, 2.45) is 0 Å². The molecule has 0 spiro atoms. The molecule has 0 aliphatic carbocycles. The van der Waals surface area contributed by atoms with Crippen LogP contribution in [0.3, 0.4) is 0 Å². The number of nitrogens with one attached hydrogen (secondary N) is 1. The number of amides is 1. The van der Waals surface area contributed by atoms with Crippen LogP contribution in [0.15, 0.2) is 62.2 Å². The Kier molecular flexibility index (Phi) is 4.96. The normalized spacial score (nSPS) is 14.3. The molecule has 6 nitrogen and oxygen atoms in total. The maximum absolute atomic E-state index is 12.8. The number of carbonyl (C=O) groups is 1. The van der Waals surface area contributed by atoms with Crippen LogP contribution in [0.4, 0.5) is 11.4 Å². The molecular weight excluding hydrogens is 412 g/mol. The minimum absolute atomic E-state index is 0.0217. The number of hydrogen-bond acceptors (Lipinski definition) is 5. The van der Waals surface area contributed by atoms with Gasteiger partial charge in [-0.2, -0.15) is 0 Å². The van der Waals surface area contributed by atoms with Crippen molar-refractivity contribution in [3.63, 3.8) is 0 Å². The molecule has 1 aliphatic heterocycles. The van der Waals surface area contributed by atoms with Gasteiger partial charge in [-0.15, -0.1) is 0 Å². The van der Waals surface area contributed by atoms with Gasteiger partial charge in [0, 0.05) is 23.6 Å². The van der Waals surface area contributed by atoms with Crippen LogP contribution in [0.2, 0.25) is 0 Å². The van der Waals surface area contributed by atoms with Crippen LogP contribution >= 0.6 is 15.9 Å². The quantitative estimate of drug-likeness (QED) is 0.689. The third-order valence-electron chi connectivity index (χ3n) is 4.42. The molecule has 0 unspecified atom stereocenters. The Bertz CT molecular complexity index is 1060. The Balaban J connectivity index is 1.67. The number of carbonyl (C=O) groups excluding carboxylic acids is 1. The highest BCUT2D eigenvalue weighted by Crippen LogP contribution is 2.30. The topological polar surface area (TPSA) is 71.8 Å². The van der Waals surface area contributed by atoms with Crippen molar-refractivity contribution in [2.75, 3.05) is 36.5 Å². The summed E-state index contributed by atoms with van der Waals surface area (Å²) in [5.41, 5.74) is 1.69. The number of rotatable bonds is 3. The summed E-state index contributed by atoms with van der Waals surface area (Å²) in [4.78, 5) is 27.2. The molecule has 1 fully saturated rings. The van der Waals surface area contributed by atoms with Crippen LogP contribution in [-0.4, -0.2) is 32.2 Å². The predicted octanol–water partition coefficient (Wildman–Crippen LogP) is 3.64. The van der Waals surface area contributed by atoms with E-state index < -0.39 is 5.91 Å². The highest BCUT2D eigenvalue weighted by atomic mass is 79.9. The zero-order valence-electron chi connectivity index (χ0n) is 14.4. The summed E-state index contributed by atoms with van der Waals surface area (Å²) in [7, 11) is 0. The van der Waals surface area contributed by atoms with Gasteiger partial charge in [0.2, 0.25) is 0 Å². The van der Waals surface area contributed by atoms with E-state index in [-0.39, 0.29) is 11.2 Å². The molecule has 7 heteroatoms. The fourth-order valence-electron chi connectivity index (χ4n) is 3.09. The summed E-state index contributed by atoms with van der Waals surface area (Å²) in [5, 5.41) is 3.32. The van der Waals surface area contributed by atoms with E-state index >= 15 is 0 Å². The highest BCUT2D eigenvalue weighted by molar-refractivity contribution is 9.10. The molecule has 0 bridgehead atoms. The van der Waals surface area contributed by atoms with Gasteiger partial charge >= 0.3 is 0 Å². The minimum Gasteiger partial charge on any atom is -0.451 e. The maximum Gasteiger partial charge on any atom is 0.291 e. The fourth-order valence-corrected chi connectivity index (χ4v) is 3.45. The smallest absolute Gasteiger partial charge is 0.291 e. The standard InChI is InChI=1S/C20H17BrN2O4/c21-13-5-6-16(23-7-9-26-10-8-23)15(11-13)22-20(25)19-12-17(24)14-3-1-2-4-18(14)27-19/h1-6,11-12H,7-10H2,(H,22,25). The zero-order valence-corrected chi connectivity index (χ0v) is 16.0. The van der Waals surface area contributed by atoms with Crippen LogP contribution in [0, 0.1) is 0 Å². The number of ether oxygens (including phenoxy) is 1. The van der Waals surface area contributed by atoms with Gasteiger partial charge < -0.3 is 19.4 Å². The van der Waals surface area contributed by atoms with Crippen molar-refractivity contribution in [1.82, 2.24) is 0 Å². The summed E-state index contributed by atoms with van der Waals surface area (Å²) in [5.74, 6) is -0.489. The molecule has 0 saturated carbocycles. The van der Waals surface area contributed by atoms with Gasteiger partial charge in [-0.05, 0) is 30.3 Å². The largest absolute Gasteiger partial charge is 0.451 e. The summed E-state index contributed by atoms with van der Waals surface area (Å²) in [6.45, 7) is 2.77. The van der Waals surface area contributed by atoms with E-state index in [1.54, 1.807) is 24.3 Å². The molecule has 138 valence electrons. The van der Waals surface area contributed by atoms with Crippen molar-refractivity contribution < 1.29 is 13.9 Å². The summed E-state index contributed by atoms with van der Waals surface area (Å²) < 4.78 is 11.9. The lowest BCUT2D eigenvalue weighted by atomic mass is 10.2. The first-order chi connectivity index (χ1) is 13.1. The van der Waals surface area contributed by atoms with E-state index in [4.69, 9.17) is 9.15 Å². The number of anilines is 2. The lowest BCUT2D eigenvalue weighted by molar-refractivity contribution is 0.0997. The molecular formula is C20H17BrN2O4.